The Bertz CT molecular complexity index is 293. The van der Waals surface area contributed by atoms with Crippen molar-refractivity contribution in [3.05, 3.63) is 0 Å². The van der Waals surface area contributed by atoms with Gasteiger partial charge in [0.05, 0.1) is 46.2 Å². The molecule has 0 rings (SSSR count). The second-order valence-corrected chi connectivity index (χ2v) is 6.23. The van der Waals surface area contributed by atoms with Gasteiger partial charge in [0.1, 0.15) is 5.60 Å². The Morgan fingerprint density at radius 1 is 0.792 bits per heavy atom. The minimum atomic E-state index is -0.484. The highest BCUT2D eigenvalue weighted by Gasteiger charge is 2.15. The van der Waals surface area contributed by atoms with Crippen LogP contribution in [-0.4, -0.2) is 71.1 Å². The van der Waals surface area contributed by atoms with Crippen molar-refractivity contribution in [3.63, 3.8) is 0 Å². The van der Waals surface area contributed by atoms with Crippen molar-refractivity contribution in [2.24, 2.45) is 0 Å². The molecule has 0 aliphatic carbocycles. The summed E-state index contributed by atoms with van der Waals surface area (Å²) in [6, 6.07) is 0. The van der Waals surface area contributed by atoms with Crippen molar-refractivity contribution in [1.82, 2.24) is 5.32 Å². The van der Waals surface area contributed by atoms with Crippen molar-refractivity contribution in [3.8, 4) is 0 Å². The third kappa shape index (κ3) is 19.2. The summed E-state index contributed by atoms with van der Waals surface area (Å²) in [5.41, 5.74) is -0.484. The van der Waals surface area contributed by atoms with Crippen LogP contribution < -0.4 is 5.32 Å². The highest BCUT2D eigenvalue weighted by Crippen LogP contribution is 2.05. The molecule has 0 atom stereocenters. The van der Waals surface area contributed by atoms with Gasteiger partial charge in [-0.2, -0.15) is 0 Å². The van der Waals surface area contributed by atoms with E-state index in [9.17, 15) is 4.79 Å². The van der Waals surface area contributed by atoms with Crippen LogP contribution in [0.3, 0.4) is 0 Å². The first-order chi connectivity index (χ1) is 11.5. The van der Waals surface area contributed by atoms with Crippen molar-refractivity contribution >= 4 is 6.09 Å². The Labute approximate surface area is 146 Å². The van der Waals surface area contributed by atoms with Gasteiger partial charge >= 0.3 is 6.09 Å². The summed E-state index contributed by atoms with van der Waals surface area (Å²) in [5, 5.41) is 2.62. The number of hydrogen-bond donors (Lipinski definition) is 1. The molecule has 0 heterocycles. The van der Waals surface area contributed by atoms with E-state index in [1.165, 1.54) is 0 Å². The monoisotopic (exact) mass is 349 g/mol. The number of carbonyl (C=O) groups is 1. The number of carbonyl (C=O) groups excluding carboxylic acids is 1. The SMILES string of the molecule is CCCCOCCOCCOCCOCCNC(=O)OC(C)(C)C. The van der Waals surface area contributed by atoms with Crippen LogP contribution in [0.15, 0.2) is 0 Å². The van der Waals surface area contributed by atoms with Crippen LogP contribution in [0.5, 0.6) is 0 Å². The zero-order valence-electron chi connectivity index (χ0n) is 15.7. The van der Waals surface area contributed by atoms with Crippen molar-refractivity contribution in [1.29, 1.82) is 0 Å². The van der Waals surface area contributed by atoms with Crippen molar-refractivity contribution in [2.45, 2.75) is 46.1 Å². The molecule has 0 aromatic rings. The second-order valence-electron chi connectivity index (χ2n) is 6.23. The van der Waals surface area contributed by atoms with Crippen LogP contribution in [0.2, 0.25) is 0 Å². The van der Waals surface area contributed by atoms with Gasteiger partial charge in [0.2, 0.25) is 0 Å². The summed E-state index contributed by atoms with van der Waals surface area (Å²) in [7, 11) is 0. The van der Waals surface area contributed by atoms with E-state index in [0.29, 0.717) is 52.8 Å². The molecule has 0 bridgehead atoms. The zero-order chi connectivity index (χ0) is 18.1. The fraction of sp³-hybridized carbons (Fsp3) is 0.941. The molecule has 7 nitrogen and oxygen atoms in total. The molecule has 0 spiro atoms. The van der Waals surface area contributed by atoms with Crippen LogP contribution in [0.4, 0.5) is 4.79 Å². The van der Waals surface area contributed by atoms with E-state index in [0.717, 1.165) is 19.4 Å². The van der Waals surface area contributed by atoms with Crippen LogP contribution in [0.25, 0.3) is 0 Å². The van der Waals surface area contributed by atoms with Crippen LogP contribution in [0.1, 0.15) is 40.5 Å². The number of amides is 1. The molecular weight excluding hydrogens is 314 g/mol. The zero-order valence-corrected chi connectivity index (χ0v) is 15.7. The Morgan fingerprint density at radius 2 is 1.25 bits per heavy atom. The summed E-state index contributed by atoms with van der Waals surface area (Å²) in [6.07, 6.45) is 1.81. The first kappa shape index (κ1) is 23.1. The molecule has 0 aliphatic rings. The number of nitrogens with one attached hydrogen (secondary N) is 1. The Morgan fingerprint density at radius 3 is 1.71 bits per heavy atom. The summed E-state index contributed by atoms with van der Waals surface area (Å²) >= 11 is 0. The molecule has 0 aromatic heterocycles. The van der Waals surface area contributed by atoms with Gasteiger partial charge in [-0.1, -0.05) is 13.3 Å². The number of rotatable bonds is 15. The molecule has 0 fully saturated rings. The summed E-state index contributed by atoms with van der Waals surface area (Å²) in [6.45, 7) is 12.6. The molecule has 0 unspecified atom stereocenters. The molecule has 0 aromatic carbocycles. The third-order valence-corrected chi connectivity index (χ3v) is 2.67. The van der Waals surface area contributed by atoms with E-state index >= 15 is 0 Å². The first-order valence-electron chi connectivity index (χ1n) is 8.73. The molecule has 7 heteroatoms. The predicted octanol–water partition coefficient (Wildman–Crippen LogP) is 2.38. The third-order valence-electron chi connectivity index (χ3n) is 2.67. The lowest BCUT2D eigenvalue weighted by atomic mass is 10.2. The Hall–Kier alpha value is -0.890. The van der Waals surface area contributed by atoms with E-state index in [1.807, 2.05) is 20.8 Å². The molecule has 144 valence electrons. The lowest BCUT2D eigenvalue weighted by Gasteiger charge is -2.19. The Kier molecular flexibility index (Phi) is 15.0. The smallest absolute Gasteiger partial charge is 0.407 e. The minimum Gasteiger partial charge on any atom is -0.444 e. The summed E-state index contributed by atoms with van der Waals surface area (Å²) < 4.78 is 26.6. The quantitative estimate of drug-likeness (QED) is 0.458. The molecule has 1 amide bonds. The van der Waals surface area contributed by atoms with E-state index in [-0.39, 0.29) is 0 Å². The molecule has 0 saturated carbocycles. The summed E-state index contributed by atoms with van der Waals surface area (Å²) in [5.74, 6) is 0. The van der Waals surface area contributed by atoms with E-state index < -0.39 is 11.7 Å². The van der Waals surface area contributed by atoms with Gasteiger partial charge in [-0.05, 0) is 27.2 Å². The number of unbranched alkanes of at least 4 members (excludes halogenated alkanes) is 1. The fourth-order valence-electron chi connectivity index (χ4n) is 1.55. The largest absolute Gasteiger partial charge is 0.444 e. The molecule has 24 heavy (non-hydrogen) atoms. The van der Waals surface area contributed by atoms with Crippen LogP contribution >= 0.6 is 0 Å². The van der Waals surface area contributed by atoms with E-state index in [2.05, 4.69) is 12.2 Å². The highest BCUT2D eigenvalue weighted by atomic mass is 16.6. The van der Waals surface area contributed by atoms with E-state index in [1.54, 1.807) is 0 Å². The van der Waals surface area contributed by atoms with Crippen molar-refractivity contribution < 1.29 is 28.5 Å². The molecule has 0 radical (unpaired) electrons. The molecule has 1 N–H and O–H groups in total. The van der Waals surface area contributed by atoms with Gasteiger partial charge in [-0.25, -0.2) is 4.79 Å². The highest BCUT2D eigenvalue weighted by molar-refractivity contribution is 5.67. The maximum Gasteiger partial charge on any atom is 0.407 e. The summed E-state index contributed by atoms with van der Waals surface area (Å²) in [4.78, 5) is 11.4. The molecule has 0 saturated heterocycles. The molecule has 0 aliphatic heterocycles. The average molecular weight is 349 g/mol. The van der Waals surface area contributed by atoms with Gasteiger partial charge in [0.15, 0.2) is 0 Å². The lowest BCUT2D eigenvalue weighted by Crippen LogP contribution is -2.34. The van der Waals surface area contributed by atoms with Gasteiger partial charge < -0.3 is 29.0 Å². The normalized spacial score (nSPS) is 11.5. The minimum absolute atomic E-state index is 0.413. The van der Waals surface area contributed by atoms with Gasteiger partial charge in [-0.3, -0.25) is 0 Å². The van der Waals surface area contributed by atoms with Gasteiger partial charge in [0.25, 0.3) is 0 Å². The number of ether oxygens (including phenoxy) is 5. The maximum absolute atomic E-state index is 11.4. The lowest BCUT2D eigenvalue weighted by molar-refractivity contribution is -0.00204. The topological polar surface area (TPSA) is 75.3 Å². The van der Waals surface area contributed by atoms with Crippen LogP contribution in [0, 0.1) is 0 Å². The van der Waals surface area contributed by atoms with Gasteiger partial charge in [-0.15, -0.1) is 0 Å². The van der Waals surface area contributed by atoms with Gasteiger partial charge in [0, 0.05) is 13.2 Å². The van der Waals surface area contributed by atoms with Crippen molar-refractivity contribution in [2.75, 3.05) is 59.4 Å². The second kappa shape index (κ2) is 15.6. The standard InChI is InChI=1S/C17H35NO6/c1-5-6-8-20-10-12-22-14-15-23-13-11-21-9-7-18-16(19)24-17(2,3)4/h5-15H2,1-4H3,(H,18,19). The fourth-order valence-corrected chi connectivity index (χ4v) is 1.55. The Balaban J connectivity index is 3.14. The molecular formula is C17H35NO6. The average Bonchev–Trinajstić information content (AvgIpc) is 2.49. The number of hydrogen-bond acceptors (Lipinski definition) is 6. The maximum atomic E-state index is 11.4. The van der Waals surface area contributed by atoms with Crippen LogP contribution in [-0.2, 0) is 23.7 Å². The van der Waals surface area contributed by atoms with E-state index in [4.69, 9.17) is 23.7 Å². The first-order valence-corrected chi connectivity index (χ1v) is 8.73. The predicted molar refractivity (Wildman–Crippen MR) is 92.4 cm³/mol. The number of alkyl carbamates (subject to hydrolysis) is 1.